The summed E-state index contributed by atoms with van der Waals surface area (Å²) in [6, 6.07) is 15.5. The smallest absolute Gasteiger partial charge is 0.170 e. The van der Waals surface area contributed by atoms with Crippen molar-refractivity contribution in [3.05, 3.63) is 70.2 Å². The number of benzene rings is 2. The Morgan fingerprint density at radius 1 is 1.14 bits per heavy atom. The van der Waals surface area contributed by atoms with Crippen LogP contribution in [0.5, 0.6) is 0 Å². The quantitative estimate of drug-likeness (QED) is 0.386. The molecule has 21 heavy (non-hydrogen) atoms. The highest BCUT2D eigenvalue weighted by Gasteiger charge is 2.05. The number of nitrogens with two attached hydrogens (primary N) is 1. The van der Waals surface area contributed by atoms with Crippen LogP contribution in [-0.2, 0) is 13.1 Å². The first-order valence-corrected chi connectivity index (χ1v) is 6.96. The molecule has 0 saturated heterocycles. The minimum atomic E-state index is 0.122. The third-order valence-corrected chi connectivity index (χ3v) is 3.40. The van der Waals surface area contributed by atoms with E-state index in [1.54, 1.807) is 0 Å². The van der Waals surface area contributed by atoms with Crippen molar-refractivity contribution in [1.82, 2.24) is 4.90 Å². The molecule has 0 fully saturated rings. The molecule has 0 amide bonds. The summed E-state index contributed by atoms with van der Waals surface area (Å²) in [5.74, 6) is 0.122. The van der Waals surface area contributed by atoms with Crippen LogP contribution in [0.25, 0.3) is 0 Å². The molecule has 4 nitrogen and oxygen atoms in total. The molecule has 3 N–H and O–H groups in total. The second kappa shape index (κ2) is 7.11. The van der Waals surface area contributed by atoms with Crippen LogP contribution in [0.15, 0.2) is 53.7 Å². The molecule has 110 valence electrons. The second-order valence-corrected chi connectivity index (χ2v) is 5.42. The third kappa shape index (κ3) is 4.48. The van der Waals surface area contributed by atoms with Crippen LogP contribution in [0.1, 0.15) is 16.7 Å². The minimum Gasteiger partial charge on any atom is -0.409 e. The largest absolute Gasteiger partial charge is 0.409 e. The molecule has 0 aromatic heterocycles. The first-order valence-electron chi connectivity index (χ1n) is 6.58. The van der Waals surface area contributed by atoms with Crippen LogP contribution in [0.3, 0.4) is 0 Å². The van der Waals surface area contributed by atoms with Crippen molar-refractivity contribution in [2.24, 2.45) is 10.9 Å². The van der Waals surface area contributed by atoms with Gasteiger partial charge in [0.2, 0.25) is 0 Å². The van der Waals surface area contributed by atoms with Gasteiger partial charge in [0.25, 0.3) is 0 Å². The van der Waals surface area contributed by atoms with Gasteiger partial charge < -0.3 is 10.9 Å². The molecule has 2 rings (SSSR count). The molecule has 0 bridgehead atoms. The Balaban J connectivity index is 2.02. The molecule has 0 heterocycles. The zero-order chi connectivity index (χ0) is 15.2. The van der Waals surface area contributed by atoms with E-state index < -0.39 is 0 Å². The Kier molecular flexibility index (Phi) is 5.20. The van der Waals surface area contributed by atoms with Crippen LogP contribution >= 0.6 is 11.6 Å². The molecular weight excluding hydrogens is 286 g/mol. The summed E-state index contributed by atoms with van der Waals surface area (Å²) in [6.45, 7) is 1.60. The van der Waals surface area contributed by atoms with E-state index in [-0.39, 0.29) is 5.84 Å². The first kappa shape index (κ1) is 15.4. The fourth-order valence-corrected chi connectivity index (χ4v) is 2.28. The highest BCUT2D eigenvalue weighted by Crippen LogP contribution is 2.13. The lowest BCUT2D eigenvalue weighted by Crippen LogP contribution is -2.18. The Labute approximate surface area is 129 Å². The monoisotopic (exact) mass is 303 g/mol. The number of amidine groups is 1. The van der Waals surface area contributed by atoms with Gasteiger partial charge in [-0.15, -0.1) is 0 Å². The topological polar surface area (TPSA) is 61.8 Å². The summed E-state index contributed by atoms with van der Waals surface area (Å²) in [7, 11) is 2.05. The van der Waals surface area contributed by atoms with E-state index in [2.05, 4.69) is 10.1 Å². The maximum Gasteiger partial charge on any atom is 0.170 e. The van der Waals surface area contributed by atoms with Gasteiger partial charge in [0.1, 0.15) is 0 Å². The highest BCUT2D eigenvalue weighted by atomic mass is 35.5. The molecule has 0 aliphatic carbocycles. The van der Waals surface area contributed by atoms with Gasteiger partial charge in [-0.25, -0.2) is 0 Å². The van der Waals surface area contributed by atoms with Crippen LogP contribution in [0.4, 0.5) is 0 Å². The van der Waals surface area contributed by atoms with Gasteiger partial charge in [0, 0.05) is 23.7 Å². The Bertz CT molecular complexity index is 626. The third-order valence-electron chi connectivity index (χ3n) is 3.15. The summed E-state index contributed by atoms with van der Waals surface area (Å²) in [5, 5.41) is 12.5. The Morgan fingerprint density at radius 2 is 1.81 bits per heavy atom. The van der Waals surface area contributed by atoms with Crippen LogP contribution in [0, 0.1) is 0 Å². The summed E-state index contributed by atoms with van der Waals surface area (Å²) in [4.78, 5) is 2.19. The second-order valence-electron chi connectivity index (χ2n) is 4.98. The van der Waals surface area contributed by atoms with Crippen molar-refractivity contribution in [3.8, 4) is 0 Å². The molecule has 5 heteroatoms. The number of nitrogens with zero attached hydrogens (tertiary/aromatic N) is 2. The van der Waals surface area contributed by atoms with Crippen molar-refractivity contribution in [1.29, 1.82) is 0 Å². The molecule has 2 aromatic rings. The maximum atomic E-state index is 8.72. The van der Waals surface area contributed by atoms with Crippen LogP contribution in [-0.4, -0.2) is 23.0 Å². The number of halogens is 1. The molecule has 0 atom stereocenters. The van der Waals surface area contributed by atoms with Crippen molar-refractivity contribution in [2.75, 3.05) is 7.05 Å². The van der Waals surface area contributed by atoms with E-state index in [9.17, 15) is 0 Å². The zero-order valence-electron chi connectivity index (χ0n) is 11.8. The van der Waals surface area contributed by atoms with E-state index in [0.717, 1.165) is 29.2 Å². The highest BCUT2D eigenvalue weighted by molar-refractivity contribution is 6.30. The van der Waals surface area contributed by atoms with E-state index in [0.29, 0.717) is 0 Å². The molecule has 0 saturated carbocycles. The minimum absolute atomic E-state index is 0.122. The normalized spacial score (nSPS) is 11.9. The van der Waals surface area contributed by atoms with Gasteiger partial charge >= 0.3 is 0 Å². The molecular formula is C16H18ClN3O. The summed E-state index contributed by atoms with van der Waals surface area (Å²) >= 11 is 5.88. The predicted molar refractivity (Wildman–Crippen MR) is 85.6 cm³/mol. The van der Waals surface area contributed by atoms with Gasteiger partial charge in [-0.3, -0.25) is 4.90 Å². The summed E-state index contributed by atoms with van der Waals surface area (Å²) in [6.07, 6.45) is 0. The lowest BCUT2D eigenvalue weighted by atomic mass is 10.1. The summed E-state index contributed by atoms with van der Waals surface area (Å²) in [5.41, 5.74) is 8.63. The Morgan fingerprint density at radius 3 is 2.48 bits per heavy atom. The lowest BCUT2D eigenvalue weighted by Gasteiger charge is -2.17. The van der Waals surface area contributed by atoms with Gasteiger partial charge in [0.05, 0.1) is 0 Å². The number of oxime groups is 1. The van der Waals surface area contributed by atoms with Gasteiger partial charge in [-0.2, -0.15) is 0 Å². The van der Waals surface area contributed by atoms with Crippen molar-refractivity contribution in [3.63, 3.8) is 0 Å². The number of hydrogen-bond acceptors (Lipinski definition) is 3. The van der Waals surface area contributed by atoms with E-state index >= 15 is 0 Å². The van der Waals surface area contributed by atoms with Crippen LogP contribution < -0.4 is 5.73 Å². The van der Waals surface area contributed by atoms with E-state index in [4.69, 9.17) is 22.5 Å². The van der Waals surface area contributed by atoms with Gasteiger partial charge in [-0.1, -0.05) is 47.1 Å². The average molecular weight is 304 g/mol. The first-order chi connectivity index (χ1) is 10.1. The van der Waals surface area contributed by atoms with Crippen LogP contribution in [0.2, 0.25) is 5.02 Å². The molecule has 0 unspecified atom stereocenters. The number of rotatable bonds is 5. The van der Waals surface area contributed by atoms with E-state index in [1.165, 1.54) is 5.56 Å². The Hall–Kier alpha value is -2.04. The predicted octanol–water partition coefficient (Wildman–Crippen LogP) is 3.07. The van der Waals surface area contributed by atoms with Gasteiger partial charge in [0.15, 0.2) is 5.84 Å². The zero-order valence-corrected chi connectivity index (χ0v) is 12.6. The SMILES string of the molecule is CN(Cc1ccc(Cl)cc1)Cc1cccc(C(N)=NO)c1. The summed E-state index contributed by atoms with van der Waals surface area (Å²) < 4.78 is 0. The molecule has 0 aliphatic heterocycles. The molecule has 2 aromatic carbocycles. The van der Waals surface area contributed by atoms with Gasteiger partial charge in [-0.05, 0) is 36.4 Å². The molecule has 0 radical (unpaired) electrons. The fraction of sp³-hybridized carbons (Fsp3) is 0.188. The number of hydrogen-bond donors (Lipinski definition) is 2. The van der Waals surface area contributed by atoms with E-state index in [1.807, 2.05) is 55.6 Å². The lowest BCUT2D eigenvalue weighted by molar-refractivity contribution is 0.318. The van der Waals surface area contributed by atoms with Crippen molar-refractivity contribution >= 4 is 17.4 Å². The maximum absolute atomic E-state index is 8.72. The van der Waals surface area contributed by atoms with Crippen molar-refractivity contribution < 1.29 is 5.21 Å². The standard InChI is InChI=1S/C16H18ClN3O/c1-20(10-12-5-7-15(17)8-6-12)11-13-3-2-4-14(9-13)16(18)19-21/h2-9,21H,10-11H2,1H3,(H2,18,19). The fourth-order valence-electron chi connectivity index (χ4n) is 2.16. The molecule has 0 spiro atoms. The molecule has 0 aliphatic rings. The average Bonchev–Trinajstić information content (AvgIpc) is 2.49. The van der Waals surface area contributed by atoms with Crippen molar-refractivity contribution in [2.45, 2.75) is 13.1 Å².